The molecule has 1 fully saturated rings. The van der Waals surface area contributed by atoms with E-state index in [1.165, 1.54) is 5.56 Å². The van der Waals surface area contributed by atoms with Gasteiger partial charge in [0, 0.05) is 31.7 Å². The summed E-state index contributed by atoms with van der Waals surface area (Å²) in [6, 6.07) is 10.2. The van der Waals surface area contributed by atoms with Crippen LogP contribution in [-0.2, 0) is 11.3 Å². The highest BCUT2D eigenvalue weighted by Crippen LogP contribution is 2.19. The summed E-state index contributed by atoms with van der Waals surface area (Å²) in [6.45, 7) is 4.30. The minimum Gasteiger partial charge on any atom is -0.396 e. The third kappa shape index (κ3) is 4.59. The van der Waals surface area contributed by atoms with E-state index in [4.69, 9.17) is 0 Å². The highest BCUT2D eigenvalue weighted by atomic mass is 16.3. The molecular formula is C17H22N2O2. The van der Waals surface area contributed by atoms with E-state index in [0.717, 1.165) is 26.1 Å². The smallest absolute Gasteiger partial charge is 0.296 e. The predicted octanol–water partition coefficient (Wildman–Crippen LogP) is 1.01. The molecule has 21 heavy (non-hydrogen) atoms. The van der Waals surface area contributed by atoms with Crippen LogP contribution in [0.25, 0.3) is 0 Å². The van der Waals surface area contributed by atoms with Crippen molar-refractivity contribution in [1.29, 1.82) is 0 Å². The van der Waals surface area contributed by atoms with Crippen molar-refractivity contribution < 1.29 is 9.90 Å². The summed E-state index contributed by atoms with van der Waals surface area (Å²) in [4.78, 5) is 14.0. The van der Waals surface area contributed by atoms with Crippen LogP contribution < -0.4 is 5.32 Å². The third-order valence-corrected chi connectivity index (χ3v) is 3.88. The number of nitrogens with zero attached hydrogens (tertiary/aromatic N) is 1. The summed E-state index contributed by atoms with van der Waals surface area (Å²) in [7, 11) is 0. The summed E-state index contributed by atoms with van der Waals surface area (Å²) in [5, 5.41) is 12.4. The van der Waals surface area contributed by atoms with E-state index in [-0.39, 0.29) is 24.5 Å². The number of hydrogen-bond donors (Lipinski definition) is 2. The number of carbonyl (C=O) groups is 1. The van der Waals surface area contributed by atoms with Gasteiger partial charge in [-0.15, -0.1) is 0 Å². The molecule has 4 nitrogen and oxygen atoms in total. The Kier molecular flexibility index (Phi) is 5.79. The molecule has 1 aliphatic heterocycles. The molecule has 2 N–H and O–H groups in total. The molecule has 2 rings (SSSR count). The Balaban J connectivity index is 1.97. The minimum atomic E-state index is -0.262. The van der Waals surface area contributed by atoms with Crippen LogP contribution >= 0.6 is 0 Å². The van der Waals surface area contributed by atoms with Crippen molar-refractivity contribution in [2.75, 3.05) is 19.7 Å². The zero-order valence-corrected chi connectivity index (χ0v) is 12.4. The van der Waals surface area contributed by atoms with Crippen molar-refractivity contribution in [3.8, 4) is 11.8 Å². The number of carbonyl (C=O) groups excluding carboxylic acids is 1. The lowest BCUT2D eigenvalue weighted by Gasteiger charge is -2.38. The molecule has 1 aliphatic rings. The van der Waals surface area contributed by atoms with Crippen molar-refractivity contribution in [1.82, 2.24) is 10.2 Å². The first-order valence-corrected chi connectivity index (χ1v) is 7.33. The maximum absolute atomic E-state index is 11.7. The quantitative estimate of drug-likeness (QED) is 0.812. The van der Waals surface area contributed by atoms with Gasteiger partial charge in [-0.05, 0) is 31.4 Å². The van der Waals surface area contributed by atoms with Gasteiger partial charge in [-0.25, -0.2) is 0 Å². The summed E-state index contributed by atoms with van der Waals surface area (Å²) >= 11 is 0. The first-order valence-electron chi connectivity index (χ1n) is 7.33. The van der Waals surface area contributed by atoms with Gasteiger partial charge in [0.1, 0.15) is 0 Å². The molecule has 2 unspecified atom stereocenters. The van der Waals surface area contributed by atoms with E-state index in [0.29, 0.717) is 0 Å². The van der Waals surface area contributed by atoms with E-state index < -0.39 is 0 Å². The molecule has 0 aromatic heterocycles. The Morgan fingerprint density at radius 2 is 2.19 bits per heavy atom. The van der Waals surface area contributed by atoms with E-state index >= 15 is 0 Å². The Morgan fingerprint density at radius 3 is 2.86 bits per heavy atom. The normalized spacial score (nSPS) is 22.2. The maximum atomic E-state index is 11.7. The Morgan fingerprint density at radius 1 is 1.43 bits per heavy atom. The third-order valence-electron chi connectivity index (χ3n) is 3.88. The number of rotatable bonds is 4. The molecule has 1 amide bonds. The van der Waals surface area contributed by atoms with Crippen LogP contribution in [0.1, 0.15) is 18.9 Å². The van der Waals surface area contributed by atoms with Gasteiger partial charge in [-0.2, -0.15) is 0 Å². The molecule has 0 saturated carbocycles. The number of hydrogen-bond acceptors (Lipinski definition) is 3. The monoisotopic (exact) mass is 286 g/mol. The van der Waals surface area contributed by atoms with Crippen LogP contribution in [0.3, 0.4) is 0 Å². The van der Waals surface area contributed by atoms with Gasteiger partial charge in [-0.3, -0.25) is 9.69 Å². The molecule has 1 aromatic carbocycles. The van der Waals surface area contributed by atoms with Crippen LogP contribution in [0, 0.1) is 17.8 Å². The second-order valence-electron chi connectivity index (χ2n) is 5.41. The van der Waals surface area contributed by atoms with Gasteiger partial charge in [0.05, 0.1) is 0 Å². The van der Waals surface area contributed by atoms with E-state index in [1.54, 1.807) is 6.92 Å². The van der Waals surface area contributed by atoms with Gasteiger partial charge in [0.2, 0.25) is 0 Å². The van der Waals surface area contributed by atoms with Crippen molar-refractivity contribution in [2.24, 2.45) is 5.92 Å². The first kappa shape index (κ1) is 15.6. The number of benzene rings is 1. The van der Waals surface area contributed by atoms with Crippen molar-refractivity contribution >= 4 is 5.91 Å². The lowest BCUT2D eigenvalue weighted by atomic mass is 9.92. The van der Waals surface area contributed by atoms with E-state index in [1.807, 2.05) is 18.2 Å². The molecule has 112 valence electrons. The maximum Gasteiger partial charge on any atom is 0.296 e. The Hall–Kier alpha value is -1.83. The largest absolute Gasteiger partial charge is 0.396 e. The van der Waals surface area contributed by atoms with Crippen molar-refractivity contribution in [3.05, 3.63) is 35.9 Å². The number of piperidine rings is 1. The average molecular weight is 286 g/mol. The summed E-state index contributed by atoms with van der Waals surface area (Å²) in [5.41, 5.74) is 1.26. The molecule has 2 atom stereocenters. The summed E-state index contributed by atoms with van der Waals surface area (Å²) < 4.78 is 0. The highest BCUT2D eigenvalue weighted by Gasteiger charge is 2.29. The highest BCUT2D eigenvalue weighted by molar-refractivity contribution is 5.93. The zero-order valence-electron chi connectivity index (χ0n) is 12.4. The molecule has 1 saturated heterocycles. The summed E-state index contributed by atoms with van der Waals surface area (Å²) in [5.74, 6) is 4.95. The van der Waals surface area contributed by atoms with Crippen LogP contribution in [0.2, 0.25) is 0 Å². The first-order chi connectivity index (χ1) is 10.2. The van der Waals surface area contributed by atoms with Gasteiger partial charge in [0.25, 0.3) is 5.91 Å². The van der Waals surface area contributed by atoms with Gasteiger partial charge in [-0.1, -0.05) is 36.3 Å². The fourth-order valence-electron chi connectivity index (χ4n) is 2.75. The van der Waals surface area contributed by atoms with Crippen LogP contribution in [0.15, 0.2) is 30.3 Å². The standard InChI is InChI=1S/C17H22N2O2/c1-2-6-17(21)18-16-12-19(10-9-15(16)13-20)11-14-7-4-3-5-8-14/h3-5,7-8,15-16,20H,9-13H2,1H3,(H,18,21). The molecule has 1 aromatic rings. The van der Waals surface area contributed by atoms with E-state index in [2.05, 4.69) is 34.2 Å². The lowest BCUT2D eigenvalue weighted by Crippen LogP contribution is -2.53. The van der Waals surface area contributed by atoms with E-state index in [9.17, 15) is 9.90 Å². The van der Waals surface area contributed by atoms with Crippen LogP contribution in [0.5, 0.6) is 0 Å². The molecule has 0 aliphatic carbocycles. The fourth-order valence-corrected chi connectivity index (χ4v) is 2.75. The SMILES string of the molecule is CC#CC(=O)NC1CN(Cc2ccccc2)CCC1CO. The van der Waals surface area contributed by atoms with Gasteiger partial charge < -0.3 is 10.4 Å². The topological polar surface area (TPSA) is 52.6 Å². The number of likely N-dealkylation sites (tertiary alicyclic amines) is 1. The number of nitrogens with one attached hydrogen (secondary N) is 1. The van der Waals surface area contributed by atoms with Crippen LogP contribution in [0.4, 0.5) is 0 Å². The molecule has 4 heteroatoms. The Labute approximate surface area is 126 Å². The second-order valence-corrected chi connectivity index (χ2v) is 5.41. The van der Waals surface area contributed by atoms with Crippen molar-refractivity contribution in [3.63, 3.8) is 0 Å². The average Bonchev–Trinajstić information content (AvgIpc) is 2.49. The van der Waals surface area contributed by atoms with Crippen molar-refractivity contribution in [2.45, 2.75) is 25.9 Å². The van der Waals surface area contributed by atoms with Gasteiger partial charge >= 0.3 is 0 Å². The zero-order chi connectivity index (χ0) is 15.1. The number of aliphatic hydroxyl groups is 1. The molecule has 0 bridgehead atoms. The number of amides is 1. The Bertz CT molecular complexity index is 519. The van der Waals surface area contributed by atoms with Gasteiger partial charge in [0.15, 0.2) is 0 Å². The molecule has 0 radical (unpaired) electrons. The second kappa shape index (κ2) is 7.82. The molecule has 0 spiro atoms. The summed E-state index contributed by atoms with van der Waals surface area (Å²) in [6.07, 6.45) is 0.883. The fraction of sp³-hybridized carbons (Fsp3) is 0.471. The minimum absolute atomic E-state index is 0.0409. The lowest BCUT2D eigenvalue weighted by molar-refractivity contribution is -0.117. The number of aliphatic hydroxyl groups excluding tert-OH is 1. The van der Waals surface area contributed by atoms with Crippen LogP contribution in [-0.4, -0.2) is 41.7 Å². The molecule has 1 heterocycles. The molecular weight excluding hydrogens is 264 g/mol. The predicted molar refractivity (Wildman–Crippen MR) is 82.3 cm³/mol.